The average Bonchev–Trinajstić information content (AvgIpc) is 2.85. The summed E-state index contributed by atoms with van der Waals surface area (Å²) in [6.07, 6.45) is 0. The first-order valence-electron chi connectivity index (χ1n) is 6.34. The normalized spacial score (nSPS) is 10.8. The third-order valence-electron chi connectivity index (χ3n) is 3.26. The molecule has 0 aliphatic carbocycles. The number of benzene rings is 2. The molecule has 21 heavy (non-hydrogen) atoms. The SMILES string of the molecule is Cc1ccc(-c2noc(N)c2-c2cccc(Cl)c2F)cc1. The van der Waals surface area contributed by atoms with Crippen LogP contribution in [0.4, 0.5) is 10.3 Å². The first-order valence-corrected chi connectivity index (χ1v) is 6.72. The van der Waals surface area contributed by atoms with E-state index in [0.29, 0.717) is 11.3 Å². The van der Waals surface area contributed by atoms with Crippen molar-refractivity contribution in [3.8, 4) is 22.4 Å². The van der Waals surface area contributed by atoms with Crippen molar-refractivity contribution in [1.29, 1.82) is 0 Å². The van der Waals surface area contributed by atoms with Crippen LogP contribution in [0, 0.1) is 12.7 Å². The van der Waals surface area contributed by atoms with Crippen LogP contribution >= 0.6 is 11.6 Å². The van der Waals surface area contributed by atoms with Gasteiger partial charge in [-0.15, -0.1) is 0 Å². The molecule has 0 unspecified atom stereocenters. The molecule has 1 aromatic heterocycles. The molecule has 0 saturated heterocycles. The summed E-state index contributed by atoms with van der Waals surface area (Å²) < 4.78 is 19.3. The lowest BCUT2D eigenvalue weighted by molar-refractivity contribution is 0.439. The molecule has 0 amide bonds. The number of nitrogens with zero attached hydrogens (tertiary/aromatic N) is 1. The Morgan fingerprint density at radius 1 is 1.14 bits per heavy atom. The van der Waals surface area contributed by atoms with E-state index >= 15 is 0 Å². The molecular weight excluding hydrogens is 291 g/mol. The van der Waals surface area contributed by atoms with Crippen LogP contribution in [0.25, 0.3) is 22.4 Å². The van der Waals surface area contributed by atoms with Gasteiger partial charge >= 0.3 is 0 Å². The summed E-state index contributed by atoms with van der Waals surface area (Å²) in [7, 11) is 0. The molecule has 2 N–H and O–H groups in total. The van der Waals surface area contributed by atoms with Gasteiger partial charge in [0.05, 0.1) is 10.6 Å². The van der Waals surface area contributed by atoms with Crippen LogP contribution in [0.15, 0.2) is 47.0 Å². The van der Waals surface area contributed by atoms with Crippen molar-refractivity contribution in [2.75, 3.05) is 5.73 Å². The highest BCUT2D eigenvalue weighted by Crippen LogP contribution is 2.38. The summed E-state index contributed by atoms with van der Waals surface area (Å²) in [6, 6.07) is 12.4. The highest BCUT2D eigenvalue weighted by Gasteiger charge is 2.21. The lowest BCUT2D eigenvalue weighted by Crippen LogP contribution is -1.91. The number of hydrogen-bond donors (Lipinski definition) is 1. The van der Waals surface area contributed by atoms with E-state index in [0.717, 1.165) is 11.1 Å². The molecule has 2 aromatic carbocycles. The molecule has 1 heterocycles. The van der Waals surface area contributed by atoms with Crippen LogP contribution in [-0.4, -0.2) is 5.16 Å². The topological polar surface area (TPSA) is 52.0 Å². The molecule has 0 saturated carbocycles. The lowest BCUT2D eigenvalue weighted by Gasteiger charge is -2.05. The number of aromatic nitrogens is 1. The third kappa shape index (κ3) is 2.38. The van der Waals surface area contributed by atoms with E-state index in [2.05, 4.69) is 5.16 Å². The fourth-order valence-corrected chi connectivity index (χ4v) is 2.34. The van der Waals surface area contributed by atoms with Gasteiger partial charge in [0.2, 0.25) is 5.88 Å². The van der Waals surface area contributed by atoms with Gasteiger partial charge < -0.3 is 10.3 Å². The van der Waals surface area contributed by atoms with Crippen LogP contribution in [0.1, 0.15) is 5.56 Å². The zero-order valence-electron chi connectivity index (χ0n) is 11.2. The number of rotatable bonds is 2. The Morgan fingerprint density at radius 3 is 2.57 bits per heavy atom. The predicted molar refractivity (Wildman–Crippen MR) is 81.5 cm³/mol. The van der Waals surface area contributed by atoms with Gasteiger partial charge in [-0.05, 0) is 13.0 Å². The highest BCUT2D eigenvalue weighted by atomic mass is 35.5. The Bertz CT molecular complexity index is 797. The second-order valence-corrected chi connectivity index (χ2v) is 5.15. The Balaban J connectivity index is 2.22. The maximum absolute atomic E-state index is 14.2. The van der Waals surface area contributed by atoms with Gasteiger partial charge in [-0.25, -0.2) is 4.39 Å². The Hall–Kier alpha value is -2.33. The van der Waals surface area contributed by atoms with Crippen molar-refractivity contribution in [1.82, 2.24) is 5.16 Å². The monoisotopic (exact) mass is 302 g/mol. The van der Waals surface area contributed by atoms with E-state index in [9.17, 15) is 4.39 Å². The van der Waals surface area contributed by atoms with Crippen LogP contribution in [-0.2, 0) is 0 Å². The second kappa shape index (κ2) is 5.22. The first-order chi connectivity index (χ1) is 10.1. The zero-order chi connectivity index (χ0) is 15.0. The average molecular weight is 303 g/mol. The lowest BCUT2D eigenvalue weighted by atomic mass is 10.00. The van der Waals surface area contributed by atoms with Gasteiger partial charge in [-0.1, -0.05) is 58.7 Å². The third-order valence-corrected chi connectivity index (χ3v) is 3.56. The zero-order valence-corrected chi connectivity index (χ0v) is 12.0. The Kier molecular flexibility index (Phi) is 3.39. The Labute approximate surface area is 126 Å². The standard InChI is InChI=1S/C16H12ClFN2O/c1-9-5-7-10(8-6-9)15-13(16(19)21-20-15)11-3-2-4-12(17)14(11)18/h2-8H,19H2,1H3. The van der Waals surface area contributed by atoms with Gasteiger partial charge in [-0.2, -0.15) is 0 Å². The molecule has 0 radical (unpaired) electrons. The number of hydrogen-bond acceptors (Lipinski definition) is 3. The first kappa shape index (κ1) is 13.6. The van der Waals surface area contributed by atoms with Gasteiger partial charge in [0, 0.05) is 11.1 Å². The number of aryl methyl sites for hydroxylation is 1. The molecule has 106 valence electrons. The summed E-state index contributed by atoms with van der Waals surface area (Å²) in [5.74, 6) is -0.478. The van der Waals surface area contributed by atoms with E-state index < -0.39 is 5.82 Å². The van der Waals surface area contributed by atoms with Crippen LogP contribution in [0.2, 0.25) is 5.02 Å². The molecule has 0 atom stereocenters. The number of nitrogen functional groups attached to an aromatic ring is 1. The molecule has 3 rings (SSSR count). The summed E-state index contributed by atoms with van der Waals surface area (Å²) in [5.41, 5.74) is 8.92. The number of halogens is 2. The van der Waals surface area contributed by atoms with Crippen LogP contribution in [0.5, 0.6) is 0 Å². The molecule has 0 aliphatic heterocycles. The minimum Gasteiger partial charge on any atom is -0.367 e. The largest absolute Gasteiger partial charge is 0.367 e. The van der Waals surface area contributed by atoms with Gasteiger partial charge in [0.15, 0.2) is 0 Å². The molecule has 5 heteroatoms. The second-order valence-electron chi connectivity index (χ2n) is 4.74. The van der Waals surface area contributed by atoms with Crippen LogP contribution in [0.3, 0.4) is 0 Å². The Morgan fingerprint density at radius 2 is 1.86 bits per heavy atom. The van der Waals surface area contributed by atoms with Crippen molar-refractivity contribution in [3.63, 3.8) is 0 Å². The number of anilines is 1. The van der Waals surface area contributed by atoms with E-state index in [1.165, 1.54) is 6.07 Å². The fourth-order valence-electron chi connectivity index (χ4n) is 2.17. The maximum atomic E-state index is 14.2. The van der Waals surface area contributed by atoms with Crippen molar-refractivity contribution >= 4 is 17.5 Å². The highest BCUT2D eigenvalue weighted by molar-refractivity contribution is 6.31. The molecule has 0 bridgehead atoms. The molecule has 0 aliphatic rings. The van der Waals surface area contributed by atoms with Gasteiger partial charge in [-0.3, -0.25) is 0 Å². The minimum absolute atomic E-state index is 0.0305. The van der Waals surface area contributed by atoms with Gasteiger partial charge in [0.1, 0.15) is 11.5 Å². The quantitative estimate of drug-likeness (QED) is 0.747. The van der Waals surface area contributed by atoms with E-state index in [1.807, 2.05) is 31.2 Å². The summed E-state index contributed by atoms with van der Waals surface area (Å²) in [5, 5.41) is 3.98. The van der Waals surface area contributed by atoms with Crippen molar-refractivity contribution < 1.29 is 8.91 Å². The fraction of sp³-hybridized carbons (Fsp3) is 0.0625. The van der Waals surface area contributed by atoms with Crippen molar-refractivity contribution in [2.24, 2.45) is 0 Å². The summed E-state index contributed by atoms with van der Waals surface area (Å²) >= 11 is 5.84. The minimum atomic E-state index is -0.539. The molecule has 0 spiro atoms. The van der Waals surface area contributed by atoms with Gasteiger partial charge in [0.25, 0.3) is 0 Å². The molecule has 3 aromatic rings. The van der Waals surface area contributed by atoms with E-state index in [-0.39, 0.29) is 16.5 Å². The van der Waals surface area contributed by atoms with Crippen molar-refractivity contribution in [3.05, 3.63) is 58.9 Å². The van der Waals surface area contributed by atoms with E-state index in [1.54, 1.807) is 12.1 Å². The summed E-state index contributed by atoms with van der Waals surface area (Å²) in [4.78, 5) is 0. The predicted octanol–water partition coefficient (Wildman–Crippen LogP) is 4.69. The number of nitrogens with two attached hydrogens (primary N) is 1. The van der Waals surface area contributed by atoms with E-state index in [4.69, 9.17) is 21.9 Å². The smallest absolute Gasteiger partial charge is 0.230 e. The molecule has 3 nitrogen and oxygen atoms in total. The molecular formula is C16H12ClFN2O. The summed E-state index contributed by atoms with van der Waals surface area (Å²) in [6.45, 7) is 1.98. The maximum Gasteiger partial charge on any atom is 0.230 e. The van der Waals surface area contributed by atoms with Crippen molar-refractivity contribution in [2.45, 2.75) is 6.92 Å². The van der Waals surface area contributed by atoms with Crippen LogP contribution < -0.4 is 5.73 Å². The molecule has 0 fully saturated rings.